The van der Waals surface area contributed by atoms with Gasteiger partial charge in [0.05, 0.1) is 25.2 Å². The summed E-state index contributed by atoms with van der Waals surface area (Å²) < 4.78 is 10.8. The summed E-state index contributed by atoms with van der Waals surface area (Å²) in [6.45, 7) is 9.01. The lowest BCUT2D eigenvalue weighted by Crippen LogP contribution is -2.48. The Morgan fingerprint density at radius 3 is 2.87 bits per heavy atom. The van der Waals surface area contributed by atoms with Crippen molar-refractivity contribution in [3.05, 3.63) is 23.9 Å². The molecule has 1 aromatic heterocycles. The number of aromatic nitrogens is 1. The number of likely N-dealkylation sites (tertiary alicyclic amines) is 1. The van der Waals surface area contributed by atoms with E-state index in [2.05, 4.69) is 44.1 Å². The number of carbonyl (C=O) groups excluding carboxylic acids is 1. The molecular weight excluding hydrogens is 497 g/mol. The summed E-state index contributed by atoms with van der Waals surface area (Å²) in [4.78, 5) is 25.5. The minimum atomic E-state index is -0.107. The van der Waals surface area contributed by atoms with E-state index in [1.807, 2.05) is 13.1 Å². The number of esters is 1. The molecule has 2 saturated heterocycles. The van der Waals surface area contributed by atoms with Gasteiger partial charge in [-0.15, -0.1) is 24.0 Å². The maximum Gasteiger partial charge on any atom is 0.310 e. The van der Waals surface area contributed by atoms with E-state index in [1.165, 1.54) is 0 Å². The molecule has 1 aromatic rings. The van der Waals surface area contributed by atoms with Crippen LogP contribution in [0.15, 0.2) is 23.3 Å². The maximum absolute atomic E-state index is 12.1. The van der Waals surface area contributed by atoms with Gasteiger partial charge in [-0.05, 0) is 38.3 Å². The SMILES string of the molecule is CCOC(=O)C1CCCN(C(=NC)NCc2ccc(N3CCOC(C)C3)nc2)C1.I. The summed E-state index contributed by atoms with van der Waals surface area (Å²) in [6, 6.07) is 4.16. The highest BCUT2D eigenvalue weighted by Crippen LogP contribution is 2.19. The highest BCUT2D eigenvalue weighted by Gasteiger charge is 2.28. The molecule has 2 unspecified atom stereocenters. The van der Waals surface area contributed by atoms with Crippen LogP contribution < -0.4 is 10.2 Å². The van der Waals surface area contributed by atoms with E-state index in [0.29, 0.717) is 19.7 Å². The molecule has 2 aliphatic rings. The number of halogens is 1. The molecule has 0 aliphatic carbocycles. The van der Waals surface area contributed by atoms with E-state index in [1.54, 1.807) is 7.05 Å². The predicted octanol–water partition coefficient (Wildman–Crippen LogP) is 2.28. The number of anilines is 1. The molecule has 30 heavy (non-hydrogen) atoms. The third kappa shape index (κ3) is 6.69. The second-order valence-electron chi connectivity index (χ2n) is 7.59. The van der Waals surface area contributed by atoms with Crippen molar-refractivity contribution in [2.75, 3.05) is 51.3 Å². The smallest absolute Gasteiger partial charge is 0.310 e. The third-order valence-corrected chi connectivity index (χ3v) is 5.38. The van der Waals surface area contributed by atoms with E-state index < -0.39 is 0 Å². The number of morpholine rings is 1. The van der Waals surface area contributed by atoms with Crippen LogP contribution in [-0.2, 0) is 20.8 Å². The Balaban J connectivity index is 0.00000320. The van der Waals surface area contributed by atoms with Gasteiger partial charge in [0.15, 0.2) is 5.96 Å². The van der Waals surface area contributed by atoms with Gasteiger partial charge in [-0.3, -0.25) is 9.79 Å². The molecule has 9 heteroatoms. The van der Waals surface area contributed by atoms with Gasteiger partial charge < -0.3 is 24.6 Å². The van der Waals surface area contributed by atoms with Crippen molar-refractivity contribution >= 4 is 41.7 Å². The van der Waals surface area contributed by atoms with Crippen molar-refractivity contribution in [1.82, 2.24) is 15.2 Å². The summed E-state index contributed by atoms with van der Waals surface area (Å²) in [6.07, 6.45) is 3.97. The molecule has 2 aliphatic heterocycles. The molecule has 0 saturated carbocycles. The second kappa shape index (κ2) is 12.3. The predicted molar refractivity (Wildman–Crippen MR) is 128 cm³/mol. The second-order valence-corrected chi connectivity index (χ2v) is 7.59. The monoisotopic (exact) mass is 531 g/mol. The summed E-state index contributed by atoms with van der Waals surface area (Å²) in [5.74, 6) is 1.61. The van der Waals surface area contributed by atoms with Gasteiger partial charge in [-0.25, -0.2) is 4.98 Å². The highest BCUT2D eigenvalue weighted by molar-refractivity contribution is 14.0. The minimum Gasteiger partial charge on any atom is -0.466 e. The normalized spacial score (nSPS) is 22.3. The Labute approximate surface area is 196 Å². The Hall–Kier alpha value is -1.62. The lowest BCUT2D eigenvalue weighted by Gasteiger charge is -2.34. The highest BCUT2D eigenvalue weighted by atomic mass is 127. The molecule has 2 atom stereocenters. The van der Waals surface area contributed by atoms with Crippen molar-refractivity contribution in [2.45, 2.75) is 39.3 Å². The van der Waals surface area contributed by atoms with E-state index in [0.717, 1.165) is 56.4 Å². The summed E-state index contributed by atoms with van der Waals surface area (Å²) in [5.41, 5.74) is 1.09. The standard InChI is InChI=1S/C21H33N5O3.HI/c1-4-28-20(27)18-6-5-9-26(15-18)21(22-3)24-13-17-7-8-19(23-12-17)25-10-11-29-16(2)14-25;/h7-8,12,16,18H,4-6,9-11,13-15H2,1-3H3,(H,22,24);1H. The number of hydrogen-bond donors (Lipinski definition) is 1. The third-order valence-electron chi connectivity index (χ3n) is 5.38. The van der Waals surface area contributed by atoms with Crippen LogP contribution in [0.5, 0.6) is 0 Å². The molecule has 2 fully saturated rings. The number of ether oxygens (including phenoxy) is 2. The number of piperidine rings is 1. The molecule has 0 spiro atoms. The average molecular weight is 531 g/mol. The van der Waals surface area contributed by atoms with Crippen molar-refractivity contribution in [3.63, 3.8) is 0 Å². The zero-order valence-electron chi connectivity index (χ0n) is 18.2. The van der Waals surface area contributed by atoms with E-state index >= 15 is 0 Å². The Morgan fingerprint density at radius 2 is 2.20 bits per heavy atom. The molecule has 0 bridgehead atoms. The molecule has 0 amide bonds. The molecule has 0 aromatic carbocycles. The van der Waals surface area contributed by atoms with Crippen molar-refractivity contribution in [3.8, 4) is 0 Å². The van der Waals surface area contributed by atoms with Crippen LogP contribution in [0.4, 0.5) is 5.82 Å². The van der Waals surface area contributed by atoms with Crippen LogP contribution in [0.3, 0.4) is 0 Å². The first-order chi connectivity index (χ1) is 14.1. The summed E-state index contributed by atoms with van der Waals surface area (Å²) in [7, 11) is 1.78. The van der Waals surface area contributed by atoms with Gasteiger partial charge in [0, 0.05) is 46.0 Å². The van der Waals surface area contributed by atoms with Crippen molar-refractivity contribution < 1.29 is 14.3 Å². The molecule has 8 nitrogen and oxygen atoms in total. The Kier molecular flexibility index (Phi) is 10.1. The van der Waals surface area contributed by atoms with Crippen molar-refractivity contribution in [2.24, 2.45) is 10.9 Å². The van der Waals surface area contributed by atoms with Gasteiger partial charge in [0.1, 0.15) is 5.82 Å². The fraction of sp³-hybridized carbons (Fsp3) is 0.667. The topological polar surface area (TPSA) is 79.3 Å². The van der Waals surface area contributed by atoms with E-state index in [-0.39, 0.29) is 42.0 Å². The van der Waals surface area contributed by atoms with Crippen LogP contribution in [0.25, 0.3) is 0 Å². The van der Waals surface area contributed by atoms with Gasteiger partial charge in [0.2, 0.25) is 0 Å². The number of pyridine rings is 1. The number of hydrogen-bond acceptors (Lipinski definition) is 6. The van der Waals surface area contributed by atoms with Crippen molar-refractivity contribution in [1.29, 1.82) is 0 Å². The zero-order valence-corrected chi connectivity index (χ0v) is 20.5. The molecule has 3 heterocycles. The quantitative estimate of drug-likeness (QED) is 0.270. The number of guanidine groups is 1. The molecular formula is C21H34IN5O3. The van der Waals surface area contributed by atoms with E-state index in [4.69, 9.17) is 9.47 Å². The number of nitrogens with one attached hydrogen (secondary N) is 1. The first-order valence-electron chi connectivity index (χ1n) is 10.5. The Morgan fingerprint density at radius 1 is 1.37 bits per heavy atom. The number of nitrogens with zero attached hydrogens (tertiary/aromatic N) is 4. The van der Waals surface area contributed by atoms with Crippen LogP contribution in [-0.4, -0.2) is 74.4 Å². The fourth-order valence-corrected chi connectivity index (χ4v) is 3.87. The number of aliphatic imine (C=N–C) groups is 1. The van der Waals surface area contributed by atoms with Gasteiger partial charge >= 0.3 is 5.97 Å². The van der Waals surface area contributed by atoms with Crippen LogP contribution in [0, 0.1) is 5.92 Å². The molecule has 168 valence electrons. The maximum atomic E-state index is 12.1. The summed E-state index contributed by atoms with van der Waals surface area (Å²) >= 11 is 0. The lowest BCUT2D eigenvalue weighted by atomic mass is 9.98. The van der Waals surface area contributed by atoms with Crippen LogP contribution in [0.1, 0.15) is 32.3 Å². The minimum absolute atomic E-state index is 0. The molecule has 1 N–H and O–H groups in total. The van der Waals surface area contributed by atoms with Gasteiger partial charge in [0.25, 0.3) is 0 Å². The average Bonchev–Trinajstić information content (AvgIpc) is 2.75. The first kappa shape index (κ1) is 24.6. The first-order valence-corrected chi connectivity index (χ1v) is 10.5. The number of rotatable bonds is 5. The van der Waals surface area contributed by atoms with Gasteiger partial charge in [-0.2, -0.15) is 0 Å². The van der Waals surface area contributed by atoms with Gasteiger partial charge in [-0.1, -0.05) is 6.07 Å². The fourth-order valence-electron chi connectivity index (χ4n) is 3.87. The molecule has 3 rings (SSSR count). The zero-order chi connectivity index (χ0) is 20.6. The lowest BCUT2D eigenvalue weighted by molar-refractivity contribution is -0.149. The van der Waals surface area contributed by atoms with E-state index in [9.17, 15) is 4.79 Å². The largest absolute Gasteiger partial charge is 0.466 e. The number of carbonyl (C=O) groups is 1. The molecule has 0 radical (unpaired) electrons. The Bertz CT molecular complexity index is 700. The van der Waals surface area contributed by atoms with Crippen LogP contribution in [0.2, 0.25) is 0 Å². The summed E-state index contributed by atoms with van der Waals surface area (Å²) in [5, 5.41) is 3.40. The van der Waals surface area contributed by atoms with Crippen LogP contribution >= 0.6 is 24.0 Å².